The van der Waals surface area contributed by atoms with E-state index in [-0.39, 0.29) is 19.1 Å². The molecule has 1 aromatic rings. The monoisotopic (exact) mass is 255 g/mol. The molecule has 100 valence electrons. The number of H-pyrrole nitrogens is 1. The van der Waals surface area contributed by atoms with Crippen LogP contribution in [0.2, 0.25) is 0 Å². The lowest BCUT2D eigenvalue weighted by Crippen LogP contribution is -2.49. The first-order valence-electron chi connectivity index (χ1n) is 5.45. The number of carbonyl (C=O) groups is 1. The largest absolute Gasteiger partial charge is 0.394 e. The van der Waals surface area contributed by atoms with Crippen molar-refractivity contribution in [1.29, 1.82) is 0 Å². The summed E-state index contributed by atoms with van der Waals surface area (Å²) in [7, 11) is 1.55. The molecule has 0 aliphatic carbocycles. The van der Waals surface area contributed by atoms with Gasteiger partial charge in [-0.3, -0.25) is 19.1 Å². The topological polar surface area (TPSA) is 95.4 Å². The van der Waals surface area contributed by atoms with Crippen molar-refractivity contribution < 1.29 is 9.90 Å². The molecule has 1 aromatic heterocycles. The van der Waals surface area contributed by atoms with Crippen molar-refractivity contribution in [3.63, 3.8) is 0 Å². The van der Waals surface area contributed by atoms with Gasteiger partial charge in [-0.05, 0) is 13.8 Å². The number of hydrogen-bond donors (Lipinski definition) is 2. The molecule has 0 spiro atoms. The maximum atomic E-state index is 11.9. The highest BCUT2D eigenvalue weighted by atomic mass is 16.3. The zero-order valence-electron chi connectivity index (χ0n) is 10.6. The first kappa shape index (κ1) is 14.2. The summed E-state index contributed by atoms with van der Waals surface area (Å²) >= 11 is 0. The lowest BCUT2D eigenvalue weighted by molar-refractivity contribution is -0.136. The maximum Gasteiger partial charge on any atom is 0.328 e. The van der Waals surface area contributed by atoms with Crippen molar-refractivity contribution in [2.45, 2.75) is 25.9 Å². The second kappa shape index (κ2) is 5.18. The molecule has 0 aromatic carbocycles. The lowest BCUT2D eigenvalue weighted by atomic mass is 10.1. The van der Waals surface area contributed by atoms with Crippen molar-refractivity contribution in [2.75, 3.05) is 13.7 Å². The number of aliphatic hydroxyl groups excluding tert-OH is 1. The minimum atomic E-state index is -0.705. The van der Waals surface area contributed by atoms with E-state index in [2.05, 4.69) is 4.98 Å². The van der Waals surface area contributed by atoms with Crippen LogP contribution in [0.5, 0.6) is 0 Å². The highest BCUT2D eigenvalue weighted by Crippen LogP contribution is 2.11. The fourth-order valence-corrected chi connectivity index (χ4v) is 1.26. The molecule has 0 atom stereocenters. The Kier molecular flexibility index (Phi) is 4.07. The Hall–Kier alpha value is -1.89. The van der Waals surface area contributed by atoms with Crippen LogP contribution in [0.3, 0.4) is 0 Å². The van der Waals surface area contributed by atoms with Gasteiger partial charge in [-0.2, -0.15) is 0 Å². The van der Waals surface area contributed by atoms with E-state index >= 15 is 0 Å². The van der Waals surface area contributed by atoms with Crippen LogP contribution in [-0.2, 0) is 11.3 Å². The van der Waals surface area contributed by atoms with E-state index < -0.39 is 16.8 Å². The van der Waals surface area contributed by atoms with Crippen LogP contribution in [0, 0.1) is 0 Å². The van der Waals surface area contributed by atoms with Crippen LogP contribution in [-0.4, -0.2) is 44.7 Å². The van der Waals surface area contributed by atoms with Gasteiger partial charge < -0.3 is 10.0 Å². The van der Waals surface area contributed by atoms with Gasteiger partial charge >= 0.3 is 5.69 Å². The average Bonchev–Trinajstić information content (AvgIpc) is 2.31. The van der Waals surface area contributed by atoms with Crippen molar-refractivity contribution in [1.82, 2.24) is 14.5 Å². The molecule has 18 heavy (non-hydrogen) atoms. The number of hydrogen-bond acceptors (Lipinski definition) is 4. The number of aromatic amines is 1. The quantitative estimate of drug-likeness (QED) is 0.704. The third-order valence-electron chi connectivity index (χ3n) is 2.87. The molecule has 1 amide bonds. The summed E-state index contributed by atoms with van der Waals surface area (Å²) in [6.07, 6.45) is 1.26. The molecule has 0 radical (unpaired) electrons. The van der Waals surface area contributed by atoms with Crippen molar-refractivity contribution in [2.24, 2.45) is 0 Å². The van der Waals surface area contributed by atoms with Crippen molar-refractivity contribution in [3.8, 4) is 0 Å². The van der Waals surface area contributed by atoms with Gasteiger partial charge in [0.2, 0.25) is 5.91 Å². The normalized spacial score (nSPS) is 11.3. The molecule has 0 fully saturated rings. The van der Waals surface area contributed by atoms with Crippen molar-refractivity contribution in [3.05, 3.63) is 33.1 Å². The van der Waals surface area contributed by atoms with E-state index in [1.807, 2.05) is 0 Å². The Bertz CT molecular complexity index is 544. The van der Waals surface area contributed by atoms with Crippen LogP contribution in [0.1, 0.15) is 13.8 Å². The summed E-state index contributed by atoms with van der Waals surface area (Å²) in [6, 6.07) is 1.17. The summed E-state index contributed by atoms with van der Waals surface area (Å²) < 4.78 is 1.10. The molecular formula is C11H17N3O4. The third-order valence-corrected chi connectivity index (χ3v) is 2.87. The van der Waals surface area contributed by atoms with Crippen LogP contribution in [0.4, 0.5) is 0 Å². The maximum absolute atomic E-state index is 11.9. The van der Waals surface area contributed by atoms with E-state index in [0.717, 1.165) is 4.57 Å². The zero-order chi connectivity index (χ0) is 13.9. The van der Waals surface area contributed by atoms with Gasteiger partial charge in [0.15, 0.2) is 0 Å². The second-order valence-electron chi connectivity index (χ2n) is 4.66. The molecule has 0 saturated carbocycles. The Morgan fingerprint density at radius 1 is 1.50 bits per heavy atom. The third kappa shape index (κ3) is 3.07. The van der Waals surface area contributed by atoms with Crippen LogP contribution in [0.15, 0.2) is 21.9 Å². The Balaban J connectivity index is 2.89. The Morgan fingerprint density at radius 2 is 2.11 bits per heavy atom. The van der Waals surface area contributed by atoms with Crippen LogP contribution in [0.25, 0.3) is 0 Å². The lowest BCUT2D eigenvalue weighted by Gasteiger charge is -2.34. The molecule has 2 N–H and O–H groups in total. The van der Waals surface area contributed by atoms with E-state index in [1.54, 1.807) is 20.9 Å². The molecule has 1 heterocycles. The summed E-state index contributed by atoms with van der Waals surface area (Å²) in [5.74, 6) is -0.330. The molecule has 0 bridgehead atoms. The second-order valence-corrected chi connectivity index (χ2v) is 4.66. The summed E-state index contributed by atoms with van der Waals surface area (Å²) in [6.45, 7) is 3.05. The number of rotatable bonds is 4. The summed E-state index contributed by atoms with van der Waals surface area (Å²) in [5, 5.41) is 9.16. The number of nitrogens with zero attached hydrogens (tertiary/aromatic N) is 2. The number of amides is 1. The Labute approximate surface area is 104 Å². The summed E-state index contributed by atoms with van der Waals surface area (Å²) in [5.41, 5.74) is -1.85. The number of aliphatic hydroxyl groups is 1. The summed E-state index contributed by atoms with van der Waals surface area (Å²) in [4.78, 5) is 37.6. The van der Waals surface area contributed by atoms with Gasteiger partial charge in [0, 0.05) is 19.3 Å². The predicted molar refractivity (Wildman–Crippen MR) is 65.3 cm³/mol. The van der Waals surface area contributed by atoms with E-state index in [0.29, 0.717) is 0 Å². The number of nitrogens with one attached hydrogen (secondary N) is 1. The van der Waals surface area contributed by atoms with Gasteiger partial charge in [-0.15, -0.1) is 0 Å². The highest BCUT2D eigenvalue weighted by molar-refractivity contribution is 5.76. The van der Waals surface area contributed by atoms with Crippen molar-refractivity contribution >= 4 is 5.91 Å². The van der Waals surface area contributed by atoms with E-state index in [1.165, 1.54) is 17.2 Å². The van der Waals surface area contributed by atoms with Gasteiger partial charge in [0.05, 0.1) is 12.1 Å². The molecule has 7 nitrogen and oxygen atoms in total. The Morgan fingerprint density at radius 3 is 2.61 bits per heavy atom. The average molecular weight is 255 g/mol. The predicted octanol–water partition coefficient (Wildman–Crippen LogP) is -1.23. The molecule has 0 aliphatic rings. The highest BCUT2D eigenvalue weighted by Gasteiger charge is 2.26. The van der Waals surface area contributed by atoms with Crippen LogP contribution < -0.4 is 11.2 Å². The molecule has 1 rings (SSSR count). The van der Waals surface area contributed by atoms with E-state index in [4.69, 9.17) is 5.11 Å². The molecule has 0 unspecified atom stereocenters. The molecule has 7 heteroatoms. The minimum absolute atomic E-state index is 0.185. The first-order valence-corrected chi connectivity index (χ1v) is 5.45. The first-order chi connectivity index (χ1) is 8.27. The van der Waals surface area contributed by atoms with Gasteiger partial charge in [0.1, 0.15) is 6.54 Å². The van der Waals surface area contributed by atoms with Gasteiger partial charge in [-0.1, -0.05) is 0 Å². The smallest absolute Gasteiger partial charge is 0.328 e. The molecular weight excluding hydrogens is 238 g/mol. The van der Waals surface area contributed by atoms with Gasteiger partial charge in [-0.25, -0.2) is 4.79 Å². The molecule has 0 saturated heterocycles. The minimum Gasteiger partial charge on any atom is -0.394 e. The van der Waals surface area contributed by atoms with E-state index in [9.17, 15) is 14.4 Å². The standard InChI is InChI=1S/C11H17N3O4/c1-11(2,7-15)13(3)9(17)6-14-5-4-8(16)12-10(14)18/h4-5,15H,6-7H2,1-3H3,(H,12,16,18). The number of aromatic nitrogens is 2. The van der Waals surface area contributed by atoms with Crippen LogP contribution >= 0.6 is 0 Å². The number of likely N-dealkylation sites (N-methyl/N-ethyl adjacent to an activating group) is 1. The fourth-order valence-electron chi connectivity index (χ4n) is 1.26. The van der Waals surface area contributed by atoms with Gasteiger partial charge in [0.25, 0.3) is 5.56 Å². The fraction of sp³-hybridized carbons (Fsp3) is 0.545. The molecule has 0 aliphatic heterocycles. The zero-order valence-corrected chi connectivity index (χ0v) is 10.6. The number of carbonyl (C=O) groups excluding carboxylic acids is 1. The SMILES string of the molecule is CN(C(=O)Cn1ccc(=O)[nH]c1=O)C(C)(C)CO.